The third-order valence-electron chi connectivity index (χ3n) is 3.43. The van der Waals surface area contributed by atoms with E-state index in [-0.39, 0.29) is 5.82 Å². The predicted octanol–water partition coefficient (Wildman–Crippen LogP) is 4.91. The van der Waals surface area contributed by atoms with Crippen molar-refractivity contribution in [2.75, 3.05) is 11.4 Å². The van der Waals surface area contributed by atoms with Gasteiger partial charge in [-0.05, 0) is 35.7 Å². The molecule has 1 aliphatic heterocycles. The first-order chi connectivity index (χ1) is 9.20. The van der Waals surface area contributed by atoms with Crippen molar-refractivity contribution < 1.29 is 4.39 Å². The van der Waals surface area contributed by atoms with Gasteiger partial charge in [0.25, 0.3) is 0 Å². The highest BCUT2D eigenvalue weighted by atomic mass is 35.5. The van der Waals surface area contributed by atoms with Crippen LogP contribution in [0.3, 0.4) is 0 Å². The van der Waals surface area contributed by atoms with Crippen molar-refractivity contribution in [2.45, 2.75) is 12.3 Å². The molecule has 2 aromatic rings. The van der Waals surface area contributed by atoms with Gasteiger partial charge in [0.15, 0.2) is 0 Å². The zero-order valence-corrected chi connectivity index (χ0v) is 11.7. The van der Waals surface area contributed by atoms with Gasteiger partial charge in [0.05, 0.1) is 10.7 Å². The van der Waals surface area contributed by atoms with Gasteiger partial charge in [0, 0.05) is 18.1 Å². The normalized spacial score (nSPS) is 13.7. The molecule has 0 N–H and O–H groups in total. The second kappa shape index (κ2) is 5.03. The van der Waals surface area contributed by atoms with Crippen molar-refractivity contribution in [3.05, 3.63) is 58.4 Å². The van der Waals surface area contributed by atoms with Crippen molar-refractivity contribution in [3.63, 3.8) is 0 Å². The fourth-order valence-electron chi connectivity index (χ4n) is 2.55. The van der Waals surface area contributed by atoms with Gasteiger partial charge in [0.1, 0.15) is 5.82 Å². The zero-order valence-electron chi connectivity index (χ0n) is 10.2. The molecular formula is C15H12Cl2FN. The number of benzene rings is 2. The molecule has 1 heterocycles. The van der Waals surface area contributed by atoms with E-state index in [0.717, 1.165) is 35.5 Å². The van der Waals surface area contributed by atoms with E-state index in [1.54, 1.807) is 6.07 Å². The van der Waals surface area contributed by atoms with E-state index in [9.17, 15) is 4.39 Å². The summed E-state index contributed by atoms with van der Waals surface area (Å²) in [4.78, 5) is 2.05. The number of rotatable bonds is 2. The summed E-state index contributed by atoms with van der Waals surface area (Å²) in [7, 11) is 0. The maximum atomic E-state index is 13.4. The topological polar surface area (TPSA) is 3.24 Å². The Morgan fingerprint density at radius 3 is 2.84 bits per heavy atom. The number of hydrogen-bond acceptors (Lipinski definition) is 1. The number of nitrogens with zero attached hydrogens (tertiary/aromatic N) is 1. The van der Waals surface area contributed by atoms with Crippen LogP contribution in [0.2, 0.25) is 5.02 Å². The molecule has 0 atom stereocenters. The quantitative estimate of drug-likeness (QED) is 0.712. The zero-order chi connectivity index (χ0) is 13.4. The van der Waals surface area contributed by atoms with E-state index in [1.807, 2.05) is 24.3 Å². The molecule has 0 radical (unpaired) electrons. The lowest BCUT2D eigenvalue weighted by Crippen LogP contribution is -2.15. The van der Waals surface area contributed by atoms with E-state index in [0.29, 0.717) is 10.9 Å². The molecule has 3 rings (SSSR count). The summed E-state index contributed by atoms with van der Waals surface area (Å²) in [5.74, 6) is 0.155. The second-order valence-electron chi connectivity index (χ2n) is 4.56. The third kappa shape index (κ3) is 2.19. The van der Waals surface area contributed by atoms with Crippen LogP contribution in [-0.4, -0.2) is 6.54 Å². The highest BCUT2D eigenvalue weighted by Gasteiger charge is 2.24. The van der Waals surface area contributed by atoms with Gasteiger partial charge < -0.3 is 4.90 Å². The van der Waals surface area contributed by atoms with Crippen LogP contribution >= 0.6 is 23.2 Å². The standard InChI is InChI=1S/C15H12Cl2FN/c16-9-11-2-1-3-13(17)15(11)19-7-6-10-4-5-12(18)8-14(10)19/h1-5,8H,6-7,9H2. The average molecular weight is 296 g/mol. The summed E-state index contributed by atoms with van der Waals surface area (Å²) in [5, 5.41) is 0.648. The van der Waals surface area contributed by atoms with Crippen LogP contribution in [0, 0.1) is 5.82 Å². The van der Waals surface area contributed by atoms with Crippen molar-refractivity contribution in [1.82, 2.24) is 0 Å². The lowest BCUT2D eigenvalue weighted by Gasteiger charge is -2.23. The molecule has 0 fully saturated rings. The fourth-order valence-corrected chi connectivity index (χ4v) is 3.07. The summed E-state index contributed by atoms with van der Waals surface area (Å²) in [6.45, 7) is 0.798. The monoisotopic (exact) mass is 295 g/mol. The smallest absolute Gasteiger partial charge is 0.125 e. The Kier molecular flexibility index (Phi) is 3.38. The predicted molar refractivity (Wildman–Crippen MR) is 78.1 cm³/mol. The molecule has 1 aliphatic rings. The van der Waals surface area contributed by atoms with Gasteiger partial charge in [-0.15, -0.1) is 11.6 Å². The summed E-state index contributed by atoms with van der Waals surface area (Å²) in [5.41, 5.74) is 3.89. The summed E-state index contributed by atoms with van der Waals surface area (Å²) < 4.78 is 13.4. The molecule has 0 saturated heterocycles. The maximum absolute atomic E-state index is 13.4. The third-order valence-corrected chi connectivity index (χ3v) is 4.02. The van der Waals surface area contributed by atoms with Crippen molar-refractivity contribution >= 4 is 34.6 Å². The molecular weight excluding hydrogens is 284 g/mol. The molecule has 0 saturated carbocycles. The van der Waals surface area contributed by atoms with Crippen LogP contribution in [0.15, 0.2) is 36.4 Å². The molecule has 0 aliphatic carbocycles. The molecule has 0 amide bonds. The van der Waals surface area contributed by atoms with Crippen LogP contribution in [0.25, 0.3) is 0 Å². The fraction of sp³-hybridized carbons (Fsp3) is 0.200. The Morgan fingerprint density at radius 1 is 1.21 bits per heavy atom. The summed E-state index contributed by atoms with van der Waals surface area (Å²) in [6.07, 6.45) is 0.891. The maximum Gasteiger partial charge on any atom is 0.125 e. The second-order valence-corrected chi connectivity index (χ2v) is 5.23. The highest BCUT2D eigenvalue weighted by Crippen LogP contribution is 2.40. The van der Waals surface area contributed by atoms with Crippen LogP contribution in [0.4, 0.5) is 15.8 Å². The first kappa shape index (κ1) is 12.8. The van der Waals surface area contributed by atoms with E-state index in [2.05, 4.69) is 4.90 Å². The van der Waals surface area contributed by atoms with Gasteiger partial charge in [-0.25, -0.2) is 4.39 Å². The van der Waals surface area contributed by atoms with E-state index >= 15 is 0 Å². The largest absolute Gasteiger partial charge is 0.339 e. The van der Waals surface area contributed by atoms with Crippen molar-refractivity contribution in [2.24, 2.45) is 0 Å². The Morgan fingerprint density at radius 2 is 2.05 bits per heavy atom. The molecule has 98 valence electrons. The minimum atomic E-state index is -0.231. The van der Waals surface area contributed by atoms with Crippen LogP contribution in [0.1, 0.15) is 11.1 Å². The van der Waals surface area contributed by atoms with Crippen LogP contribution in [-0.2, 0) is 12.3 Å². The molecule has 0 bridgehead atoms. The van der Waals surface area contributed by atoms with Crippen LogP contribution in [0.5, 0.6) is 0 Å². The lowest BCUT2D eigenvalue weighted by molar-refractivity contribution is 0.628. The number of hydrogen-bond donors (Lipinski definition) is 0. The van der Waals surface area contributed by atoms with Gasteiger partial charge in [-0.3, -0.25) is 0 Å². The Hall–Kier alpha value is -1.25. The summed E-state index contributed by atoms with van der Waals surface area (Å²) in [6, 6.07) is 10.6. The minimum absolute atomic E-state index is 0.231. The van der Waals surface area contributed by atoms with Crippen molar-refractivity contribution in [1.29, 1.82) is 0 Å². The molecule has 0 aromatic heterocycles. The summed E-state index contributed by atoms with van der Waals surface area (Å²) >= 11 is 12.3. The van der Waals surface area contributed by atoms with Gasteiger partial charge in [0.2, 0.25) is 0 Å². The SMILES string of the molecule is Fc1ccc2c(c1)N(c1c(Cl)cccc1CCl)CC2. The van der Waals surface area contributed by atoms with Gasteiger partial charge in [-0.1, -0.05) is 29.8 Å². The molecule has 0 unspecified atom stereocenters. The number of anilines is 2. The van der Waals surface area contributed by atoms with Gasteiger partial charge >= 0.3 is 0 Å². The first-order valence-electron chi connectivity index (χ1n) is 6.10. The Balaban J connectivity index is 2.14. The number of para-hydroxylation sites is 1. The van der Waals surface area contributed by atoms with Gasteiger partial charge in [-0.2, -0.15) is 0 Å². The highest BCUT2D eigenvalue weighted by molar-refractivity contribution is 6.34. The number of alkyl halides is 1. The lowest BCUT2D eigenvalue weighted by atomic mass is 10.1. The Labute approximate surface area is 121 Å². The van der Waals surface area contributed by atoms with Crippen LogP contribution < -0.4 is 4.90 Å². The molecule has 4 heteroatoms. The molecule has 2 aromatic carbocycles. The first-order valence-corrected chi connectivity index (χ1v) is 7.01. The Bertz CT molecular complexity index is 628. The van der Waals surface area contributed by atoms with E-state index < -0.39 is 0 Å². The average Bonchev–Trinajstić information content (AvgIpc) is 2.81. The van der Waals surface area contributed by atoms with E-state index in [1.165, 1.54) is 6.07 Å². The number of halogens is 3. The molecule has 19 heavy (non-hydrogen) atoms. The molecule has 0 spiro atoms. The molecule has 1 nitrogen and oxygen atoms in total. The van der Waals surface area contributed by atoms with Crippen molar-refractivity contribution in [3.8, 4) is 0 Å². The minimum Gasteiger partial charge on any atom is -0.339 e. The number of fused-ring (bicyclic) bond motifs is 1. The van der Waals surface area contributed by atoms with E-state index in [4.69, 9.17) is 23.2 Å².